The highest BCUT2D eigenvalue weighted by atomic mass is 127. The van der Waals surface area contributed by atoms with Crippen LogP contribution in [0.4, 0.5) is 0 Å². The number of nitrogens with one attached hydrogen (secondary N) is 2. The van der Waals surface area contributed by atoms with E-state index in [2.05, 4.69) is 60.5 Å². The maximum Gasteiger partial charge on any atom is 0.191 e. The predicted octanol–water partition coefficient (Wildman–Crippen LogP) is 2.87. The van der Waals surface area contributed by atoms with Crippen molar-refractivity contribution >= 4 is 51.5 Å². The minimum atomic E-state index is 0. The molecule has 0 radical (unpaired) electrons. The maximum atomic E-state index is 4.67. The summed E-state index contributed by atoms with van der Waals surface area (Å²) in [5, 5.41) is 15.9. The molecule has 1 aromatic carbocycles. The van der Waals surface area contributed by atoms with Gasteiger partial charge in [-0.3, -0.25) is 4.99 Å². The molecule has 146 valence electrons. The van der Waals surface area contributed by atoms with Crippen molar-refractivity contribution in [2.45, 2.75) is 32.7 Å². The number of halogens is 1. The van der Waals surface area contributed by atoms with Gasteiger partial charge in [-0.1, -0.05) is 19.1 Å². The van der Waals surface area contributed by atoms with Gasteiger partial charge >= 0.3 is 0 Å². The van der Waals surface area contributed by atoms with E-state index in [0.29, 0.717) is 0 Å². The lowest BCUT2D eigenvalue weighted by Crippen LogP contribution is -2.39. The minimum Gasteiger partial charge on any atom is -0.356 e. The van der Waals surface area contributed by atoms with E-state index in [4.69, 9.17) is 0 Å². The minimum absolute atomic E-state index is 0. The second kappa shape index (κ2) is 11.2. The normalized spacial score (nSPS) is 11.4. The highest BCUT2D eigenvalue weighted by Gasteiger charge is 2.04. The van der Waals surface area contributed by atoms with E-state index < -0.39 is 0 Å². The Kier molecular flexibility index (Phi) is 8.92. The zero-order valence-corrected chi connectivity index (χ0v) is 18.8. The summed E-state index contributed by atoms with van der Waals surface area (Å²) >= 11 is 1.78. The monoisotopic (exact) mass is 499 g/mol. The molecule has 3 rings (SSSR count). The molecule has 0 aliphatic heterocycles. The van der Waals surface area contributed by atoms with Gasteiger partial charge in [0, 0.05) is 39.5 Å². The molecule has 0 bridgehead atoms. The summed E-state index contributed by atoms with van der Waals surface area (Å²) in [6.07, 6.45) is 4.66. The van der Waals surface area contributed by atoms with Crippen molar-refractivity contribution in [1.82, 2.24) is 30.4 Å². The van der Waals surface area contributed by atoms with E-state index in [-0.39, 0.29) is 24.0 Å². The SMILES string of the molecule is CCc1nncn1CCNC(=NC)NCCCc1nc2ccccc2s1.I. The second-order valence-corrected chi connectivity index (χ2v) is 7.01. The number of rotatable bonds is 8. The first-order valence-electron chi connectivity index (χ1n) is 8.95. The summed E-state index contributed by atoms with van der Waals surface area (Å²) in [6.45, 7) is 4.55. The molecule has 0 saturated carbocycles. The molecule has 0 fully saturated rings. The molecule has 7 nitrogen and oxygen atoms in total. The second-order valence-electron chi connectivity index (χ2n) is 5.90. The van der Waals surface area contributed by atoms with Crippen LogP contribution >= 0.6 is 35.3 Å². The number of hydrogen-bond acceptors (Lipinski definition) is 5. The summed E-state index contributed by atoms with van der Waals surface area (Å²) in [6, 6.07) is 8.29. The van der Waals surface area contributed by atoms with Crippen LogP contribution in [0.15, 0.2) is 35.6 Å². The largest absolute Gasteiger partial charge is 0.356 e. The lowest BCUT2D eigenvalue weighted by Gasteiger charge is -2.12. The topological polar surface area (TPSA) is 80.0 Å². The number of guanidine groups is 1. The Morgan fingerprint density at radius 3 is 2.81 bits per heavy atom. The van der Waals surface area contributed by atoms with Crippen molar-refractivity contribution in [2.75, 3.05) is 20.1 Å². The van der Waals surface area contributed by atoms with Crippen LogP contribution in [0.2, 0.25) is 0 Å². The predicted molar refractivity (Wildman–Crippen MR) is 122 cm³/mol. The van der Waals surface area contributed by atoms with Gasteiger partial charge in [-0.15, -0.1) is 45.5 Å². The third-order valence-corrected chi connectivity index (χ3v) is 5.17. The van der Waals surface area contributed by atoms with Gasteiger partial charge in [-0.05, 0) is 18.6 Å². The third-order valence-electron chi connectivity index (χ3n) is 4.08. The van der Waals surface area contributed by atoms with E-state index in [9.17, 15) is 0 Å². The molecule has 0 amide bonds. The Labute approximate surface area is 180 Å². The average molecular weight is 499 g/mol. The fourth-order valence-corrected chi connectivity index (χ4v) is 3.74. The van der Waals surface area contributed by atoms with E-state index in [1.807, 2.05) is 6.07 Å². The smallest absolute Gasteiger partial charge is 0.191 e. The molecule has 0 spiro atoms. The zero-order valence-electron chi connectivity index (χ0n) is 15.7. The van der Waals surface area contributed by atoms with Gasteiger partial charge < -0.3 is 15.2 Å². The Morgan fingerprint density at radius 1 is 1.22 bits per heavy atom. The van der Waals surface area contributed by atoms with Crippen molar-refractivity contribution < 1.29 is 0 Å². The number of aryl methyl sites for hydroxylation is 2. The van der Waals surface area contributed by atoms with Crippen molar-refractivity contribution in [3.8, 4) is 0 Å². The first-order chi connectivity index (χ1) is 12.8. The Hall–Kier alpha value is -1.75. The molecule has 0 atom stereocenters. The number of benzene rings is 1. The number of fused-ring (bicyclic) bond motifs is 1. The zero-order chi connectivity index (χ0) is 18.2. The first-order valence-corrected chi connectivity index (χ1v) is 9.77. The molecule has 0 saturated heterocycles. The molecular weight excluding hydrogens is 473 g/mol. The maximum absolute atomic E-state index is 4.67. The van der Waals surface area contributed by atoms with Crippen molar-refractivity contribution in [1.29, 1.82) is 0 Å². The Bertz CT molecular complexity index is 825. The summed E-state index contributed by atoms with van der Waals surface area (Å²) in [4.78, 5) is 8.94. The van der Waals surface area contributed by atoms with Crippen LogP contribution in [0.3, 0.4) is 0 Å². The van der Waals surface area contributed by atoms with Gasteiger partial charge in [-0.2, -0.15) is 0 Å². The standard InChI is InChI=1S/C18H25N7S.HI/c1-3-16-24-22-13-25(16)12-11-21-18(19-2)20-10-6-9-17-23-14-7-4-5-8-15(14)26-17;/h4-5,7-8,13H,3,6,9-12H2,1-2H3,(H2,19,20,21);1H. The summed E-state index contributed by atoms with van der Waals surface area (Å²) in [7, 11) is 1.79. The van der Waals surface area contributed by atoms with Crippen molar-refractivity contribution in [3.63, 3.8) is 0 Å². The van der Waals surface area contributed by atoms with Crippen molar-refractivity contribution in [2.24, 2.45) is 4.99 Å². The molecule has 3 aromatic rings. The highest BCUT2D eigenvalue weighted by molar-refractivity contribution is 14.0. The van der Waals surface area contributed by atoms with Crippen LogP contribution < -0.4 is 10.6 Å². The van der Waals surface area contributed by atoms with Crippen LogP contribution in [-0.4, -0.2) is 45.8 Å². The molecule has 27 heavy (non-hydrogen) atoms. The van der Waals surface area contributed by atoms with Crippen LogP contribution in [0.1, 0.15) is 24.2 Å². The van der Waals surface area contributed by atoms with Gasteiger partial charge in [0.25, 0.3) is 0 Å². The molecule has 2 N–H and O–H groups in total. The first kappa shape index (κ1) is 21.5. The lowest BCUT2D eigenvalue weighted by molar-refractivity contribution is 0.630. The van der Waals surface area contributed by atoms with Gasteiger partial charge in [-0.25, -0.2) is 4.98 Å². The quantitative estimate of drug-likeness (QED) is 0.216. The van der Waals surface area contributed by atoms with Gasteiger partial charge in [0.2, 0.25) is 0 Å². The van der Waals surface area contributed by atoms with Crippen molar-refractivity contribution in [3.05, 3.63) is 41.4 Å². The molecule has 2 heterocycles. The number of aliphatic imine (C=N–C) groups is 1. The molecule has 0 unspecified atom stereocenters. The van der Waals surface area contributed by atoms with Crippen LogP contribution in [0.5, 0.6) is 0 Å². The number of nitrogens with zero attached hydrogens (tertiary/aromatic N) is 5. The average Bonchev–Trinajstić information content (AvgIpc) is 3.29. The summed E-state index contributed by atoms with van der Waals surface area (Å²) in [5.41, 5.74) is 1.10. The van der Waals surface area contributed by atoms with E-state index in [1.54, 1.807) is 24.7 Å². The Balaban J connectivity index is 0.00000261. The summed E-state index contributed by atoms with van der Waals surface area (Å²) in [5.74, 6) is 1.83. The molecule has 9 heteroatoms. The van der Waals surface area contributed by atoms with Gasteiger partial charge in [0.15, 0.2) is 5.96 Å². The highest BCUT2D eigenvalue weighted by Crippen LogP contribution is 2.22. The number of para-hydroxylation sites is 1. The summed E-state index contributed by atoms with van der Waals surface area (Å²) < 4.78 is 3.32. The molecular formula is C18H26IN7S. The fourth-order valence-electron chi connectivity index (χ4n) is 2.73. The molecule has 0 aliphatic carbocycles. The number of hydrogen-bond donors (Lipinski definition) is 2. The number of aromatic nitrogens is 4. The molecule has 0 aliphatic rings. The van der Waals surface area contributed by atoms with Crippen LogP contribution in [0.25, 0.3) is 10.2 Å². The van der Waals surface area contributed by atoms with Crippen LogP contribution in [0, 0.1) is 0 Å². The molecule has 2 aromatic heterocycles. The number of thiazole rings is 1. The van der Waals surface area contributed by atoms with Gasteiger partial charge in [0.1, 0.15) is 12.2 Å². The third kappa shape index (κ3) is 6.13. The van der Waals surface area contributed by atoms with E-state index in [1.165, 1.54) is 9.71 Å². The Morgan fingerprint density at radius 2 is 2.04 bits per heavy atom. The van der Waals surface area contributed by atoms with Crippen LogP contribution in [-0.2, 0) is 19.4 Å². The van der Waals surface area contributed by atoms with Gasteiger partial charge in [0.05, 0.1) is 15.2 Å². The fraction of sp³-hybridized carbons (Fsp3) is 0.444. The van der Waals surface area contributed by atoms with E-state index in [0.717, 1.165) is 56.2 Å². The van der Waals surface area contributed by atoms with E-state index >= 15 is 0 Å². The lowest BCUT2D eigenvalue weighted by atomic mass is 10.3.